The van der Waals surface area contributed by atoms with Crippen molar-refractivity contribution in [2.75, 3.05) is 26.7 Å². The number of carbonyl (C=O) groups excluding carboxylic acids is 1. The van der Waals surface area contributed by atoms with Gasteiger partial charge in [0.2, 0.25) is 0 Å². The highest BCUT2D eigenvalue weighted by molar-refractivity contribution is 5.97. The molecule has 2 atom stereocenters. The summed E-state index contributed by atoms with van der Waals surface area (Å²) in [5.41, 5.74) is 0.0497. The molecule has 4 nitrogen and oxygen atoms in total. The highest BCUT2D eigenvalue weighted by atomic mass is 19.1. The van der Waals surface area contributed by atoms with Crippen LogP contribution >= 0.6 is 0 Å². The first-order chi connectivity index (χ1) is 9.70. The number of carbonyl (C=O) groups is 1. The van der Waals surface area contributed by atoms with E-state index < -0.39 is 5.82 Å². The lowest BCUT2D eigenvalue weighted by Gasteiger charge is -2.24. The van der Waals surface area contributed by atoms with E-state index in [9.17, 15) is 9.18 Å². The van der Waals surface area contributed by atoms with Crippen LogP contribution < -0.4 is 10.1 Å². The van der Waals surface area contributed by atoms with E-state index in [0.29, 0.717) is 30.8 Å². The number of likely N-dealkylation sites (tertiary alicyclic amines) is 1. The third kappa shape index (κ3) is 2.26. The van der Waals surface area contributed by atoms with Crippen LogP contribution in [0.15, 0.2) is 18.2 Å². The fourth-order valence-corrected chi connectivity index (χ4v) is 3.25. The van der Waals surface area contributed by atoms with Crippen LogP contribution in [0.5, 0.6) is 5.75 Å². The van der Waals surface area contributed by atoms with Gasteiger partial charge in [-0.1, -0.05) is 6.07 Å². The molecule has 0 bridgehead atoms. The van der Waals surface area contributed by atoms with Crippen molar-refractivity contribution in [3.05, 3.63) is 29.6 Å². The Balaban J connectivity index is 1.83. The number of hydrogen-bond acceptors (Lipinski definition) is 3. The molecule has 2 aliphatic rings. The number of halogens is 1. The molecule has 20 heavy (non-hydrogen) atoms. The smallest absolute Gasteiger partial charge is 0.260 e. The zero-order valence-corrected chi connectivity index (χ0v) is 11.6. The largest absolute Gasteiger partial charge is 0.496 e. The number of hydrogen-bond donors (Lipinski definition) is 1. The Hall–Kier alpha value is -1.62. The minimum atomic E-state index is -0.516. The van der Waals surface area contributed by atoms with Crippen LogP contribution in [0.4, 0.5) is 4.39 Å². The molecule has 0 aromatic heterocycles. The average molecular weight is 278 g/mol. The molecular formula is C15H19FN2O2. The molecule has 1 aromatic carbocycles. The molecule has 2 fully saturated rings. The number of benzene rings is 1. The number of nitrogens with one attached hydrogen (secondary N) is 1. The van der Waals surface area contributed by atoms with Crippen LogP contribution in [-0.4, -0.2) is 43.6 Å². The highest BCUT2D eigenvalue weighted by Gasteiger charge is 2.37. The van der Waals surface area contributed by atoms with Crippen molar-refractivity contribution in [1.29, 1.82) is 0 Å². The van der Waals surface area contributed by atoms with Gasteiger partial charge in [0.25, 0.3) is 5.91 Å². The summed E-state index contributed by atoms with van der Waals surface area (Å²) in [7, 11) is 1.46. The van der Waals surface area contributed by atoms with Gasteiger partial charge < -0.3 is 15.0 Å². The van der Waals surface area contributed by atoms with Crippen molar-refractivity contribution in [1.82, 2.24) is 10.2 Å². The molecule has 2 saturated heterocycles. The van der Waals surface area contributed by atoms with E-state index in [0.717, 1.165) is 19.4 Å². The third-order valence-corrected chi connectivity index (χ3v) is 4.30. The molecule has 5 heteroatoms. The first kappa shape index (κ1) is 13.4. The molecule has 1 amide bonds. The molecule has 0 saturated carbocycles. The van der Waals surface area contributed by atoms with Crippen LogP contribution in [0.25, 0.3) is 0 Å². The summed E-state index contributed by atoms with van der Waals surface area (Å²) >= 11 is 0. The Kier molecular flexibility index (Phi) is 3.61. The number of fused-ring (bicyclic) bond motifs is 1. The zero-order chi connectivity index (χ0) is 14.1. The first-order valence-corrected chi connectivity index (χ1v) is 7.06. The normalized spacial score (nSPS) is 25.4. The number of rotatable bonds is 2. The average Bonchev–Trinajstić information content (AvgIpc) is 2.90. The number of amides is 1. The van der Waals surface area contributed by atoms with Crippen LogP contribution in [0.2, 0.25) is 0 Å². The van der Waals surface area contributed by atoms with E-state index >= 15 is 0 Å². The zero-order valence-electron chi connectivity index (χ0n) is 11.6. The number of methoxy groups -OCH3 is 1. The predicted molar refractivity (Wildman–Crippen MR) is 73.4 cm³/mol. The van der Waals surface area contributed by atoms with E-state index in [2.05, 4.69) is 5.32 Å². The number of ether oxygens (including phenoxy) is 1. The quantitative estimate of drug-likeness (QED) is 0.894. The molecule has 2 heterocycles. The van der Waals surface area contributed by atoms with E-state index in [1.807, 2.05) is 0 Å². The van der Waals surface area contributed by atoms with E-state index in [1.165, 1.54) is 13.2 Å². The van der Waals surface area contributed by atoms with Gasteiger partial charge in [-0.15, -0.1) is 0 Å². The summed E-state index contributed by atoms with van der Waals surface area (Å²) in [6.45, 7) is 2.36. The monoisotopic (exact) mass is 278 g/mol. The predicted octanol–water partition coefficient (Wildman–Crippen LogP) is 1.66. The molecule has 0 radical (unpaired) electrons. The van der Waals surface area contributed by atoms with Crippen LogP contribution in [0.3, 0.4) is 0 Å². The molecule has 3 rings (SSSR count). The van der Waals surface area contributed by atoms with Gasteiger partial charge in [-0.2, -0.15) is 0 Å². The van der Waals surface area contributed by atoms with Crippen LogP contribution in [0, 0.1) is 11.7 Å². The first-order valence-electron chi connectivity index (χ1n) is 7.06. The van der Waals surface area contributed by atoms with Gasteiger partial charge in [-0.25, -0.2) is 4.39 Å². The Morgan fingerprint density at radius 1 is 1.45 bits per heavy atom. The van der Waals surface area contributed by atoms with Crippen LogP contribution in [-0.2, 0) is 0 Å². The maximum atomic E-state index is 14.0. The van der Waals surface area contributed by atoms with E-state index in [1.54, 1.807) is 17.0 Å². The number of nitrogens with zero attached hydrogens (tertiary/aromatic N) is 1. The molecule has 0 aliphatic carbocycles. The van der Waals surface area contributed by atoms with Gasteiger partial charge >= 0.3 is 0 Å². The minimum Gasteiger partial charge on any atom is -0.496 e. The fraction of sp³-hybridized carbons (Fsp3) is 0.533. The second kappa shape index (κ2) is 5.40. The molecule has 2 aliphatic heterocycles. The number of piperidine rings is 1. The van der Waals surface area contributed by atoms with Gasteiger partial charge in [0.05, 0.1) is 7.11 Å². The van der Waals surface area contributed by atoms with Gasteiger partial charge in [0.1, 0.15) is 17.1 Å². The van der Waals surface area contributed by atoms with Gasteiger partial charge in [0, 0.05) is 19.1 Å². The summed E-state index contributed by atoms with van der Waals surface area (Å²) in [6, 6.07) is 4.83. The molecular weight excluding hydrogens is 259 g/mol. The van der Waals surface area contributed by atoms with Crippen molar-refractivity contribution in [3.63, 3.8) is 0 Å². The van der Waals surface area contributed by atoms with Crippen molar-refractivity contribution >= 4 is 5.91 Å². The van der Waals surface area contributed by atoms with E-state index in [-0.39, 0.29) is 11.5 Å². The maximum absolute atomic E-state index is 14.0. The van der Waals surface area contributed by atoms with Gasteiger partial charge in [0.15, 0.2) is 0 Å². The Morgan fingerprint density at radius 3 is 3.05 bits per heavy atom. The summed E-state index contributed by atoms with van der Waals surface area (Å²) in [6.07, 6.45) is 2.28. The second-order valence-electron chi connectivity index (χ2n) is 5.49. The Morgan fingerprint density at radius 2 is 2.30 bits per heavy atom. The summed E-state index contributed by atoms with van der Waals surface area (Å²) in [4.78, 5) is 14.3. The molecule has 108 valence electrons. The Bertz CT molecular complexity index is 507. The maximum Gasteiger partial charge on any atom is 0.260 e. The standard InChI is InChI=1S/C15H19FN2O2/c1-20-13-6-2-5-11(16)14(13)15(19)18-8-10-4-3-7-17-12(10)9-18/h2,5-6,10,12,17H,3-4,7-9H2,1H3. The van der Waals surface area contributed by atoms with Crippen molar-refractivity contribution in [2.45, 2.75) is 18.9 Å². The third-order valence-electron chi connectivity index (χ3n) is 4.30. The lowest BCUT2D eigenvalue weighted by molar-refractivity contribution is 0.0777. The van der Waals surface area contributed by atoms with Gasteiger partial charge in [-0.05, 0) is 37.4 Å². The van der Waals surface area contributed by atoms with Crippen LogP contribution in [0.1, 0.15) is 23.2 Å². The molecule has 0 spiro atoms. The fourth-order valence-electron chi connectivity index (χ4n) is 3.25. The summed E-state index contributed by atoms with van der Waals surface area (Å²) in [5.74, 6) is 0.0108. The summed E-state index contributed by atoms with van der Waals surface area (Å²) in [5, 5.41) is 3.44. The topological polar surface area (TPSA) is 41.6 Å². The summed E-state index contributed by atoms with van der Waals surface area (Å²) < 4.78 is 19.1. The van der Waals surface area contributed by atoms with E-state index in [4.69, 9.17) is 4.74 Å². The SMILES string of the molecule is COc1cccc(F)c1C(=O)N1CC2CCCNC2C1. The molecule has 1 aromatic rings. The van der Waals surface area contributed by atoms with Crippen molar-refractivity contribution < 1.29 is 13.9 Å². The molecule has 1 N–H and O–H groups in total. The second-order valence-corrected chi connectivity index (χ2v) is 5.49. The Labute approximate surface area is 117 Å². The molecule has 2 unspecified atom stereocenters. The lowest BCUT2D eigenvalue weighted by atomic mass is 9.94. The van der Waals surface area contributed by atoms with Gasteiger partial charge in [-0.3, -0.25) is 4.79 Å². The minimum absolute atomic E-state index is 0.0497. The highest BCUT2D eigenvalue weighted by Crippen LogP contribution is 2.29. The lowest BCUT2D eigenvalue weighted by Crippen LogP contribution is -2.41. The van der Waals surface area contributed by atoms with Crippen molar-refractivity contribution in [2.24, 2.45) is 5.92 Å². The van der Waals surface area contributed by atoms with Crippen molar-refractivity contribution in [3.8, 4) is 5.75 Å².